The van der Waals surface area contributed by atoms with Crippen molar-refractivity contribution in [2.75, 3.05) is 5.73 Å². The van der Waals surface area contributed by atoms with Gasteiger partial charge in [0, 0.05) is 19.3 Å². The summed E-state index contributed by atoms with van der Waals surface area (Å²) in [4.78, 5) is 14.2. The maximum Gasteiger partial charge on any atom is 0.194 e. The molecular weight excluding hydrogens is 156 g/mol. The number of hydrogen-bond acceptors (Lipinski definition) is 3. The number of H-pyrrole nitrogens is 1. The monoisotopic (exact) mass is 164 g/mol. The lowest BCUT2D eigenvalue weighted by atomic mass is 10.3. The number of anilines is 1. The topological polar surface area (TPSA) is 76.7 Å². The minimum atomic E-state index is -0.102. The Kier molecular flexibility index (Phi) is 1.21. The van der Waals surface area contributed by atoms with Crippen LogP contribution in [0.4, 0.5) is 5.82 Å². The molecule has 12 heavy (non-hydrogen) atoms. The SMILES string of the molecule is Cn1nc(N)c2c(=O)cc[nH]c21. The Labute approximate surface area is 67.8 Å². The summed E-state index contributed by atoms with van der Waals surface area (Å²) in [6.45, 7) is 0. The number of fused-ring (bicyclic) bond motifs is 1. The van der Waals surface area contributed by atoms with Gasteiger partial charge in [-0.05, 0) is 0 Å². The first-order valence-electron chi connectivity index (χ1n) is 3.50. The molecule has 0 radical (unpaired) electrons. The molecule has 0 unspecified atom stereocenters. The molecule has 0 bridgehead atoms. The first kappa shape index (κ1) is 6.90. The van der Waals surface area contributed by atoms with Gasteiger partial charge in [0.25, 0.3) is 0 Å². The lowest BCUT2D eigenvalue weighted by Crippen LogP contribution is -2.01. The second-order valence-electron chi connectivity index (χ2n) is 2.57. The molecule has 0 aliphatic carbocycles. The highest BCUT2D eigenvalue weighted by atomic mass is 16.1. The zero-order chi connectivity index (χ0) is 8.72. The van der Waals surface area contributed by atoms with Crippen LogP contribution in [-0.4, -0.2) is 14.8 Å². The minimum absolute atomic E-state index is 0.102. The number of nitrogen functional groups attached to an aromatic ring is 1. The molecule has 5 nitrogen and oxygen atoms in total. The van der Waals surface area contributed by atoms with Gasteiger partial charge in [-0.1, -0.05) is 0 Å². The second kappa shape index (κ2) is 2.10. The van der Waals surface area contributed by atoms with Crippen LogP contribution in [0.25, 0.3) is 11.0 Å². The molecular formula is C7H8N4O. The van der Waals surface area contributed by atoms with E-state index in [1.54, 1.807) is 17.9 Å². The lowest BCUT2D eigenvalue weighted by molar-refractivity contribution is 0.791. The van der Waals surface area contributed by atoms with E-state index in [0.717, 1.165) is 0 Å². The average molecular weight is 164 g/mol. The summed E-state index contributed by atoms with van der Waals surface area (Å²) in [5, 5.41) is 4.37. The third-order valence-corrected chi connectivity index (χ3v) is 1.78. The van der Waals surface area contributed by atoms with Gasteiger partial charge in [-0.2, -0.15) is 5.10 Å². The summed E-state index contributed by atoms with van der Waals surface area (Å²) < 4.78 is 1.55. The molecule has 0 saturated heterocycles. The molecule has 0 spiro atoms. The van der Waals surface area contributed by atoms with Crippen LogP contribution in [-0.2, 0) is 7.05 Å². The number of pyridine rings is 1. The van der Waals surface area contributed by atoms with Gasteiger partial charge in [0.15, 0.2) is 11.2 Å². The number of nitrogens with zero attached hydrogens (tertiary/aromatic N) is 2. The zero-order valence-electron chi connectivity index (χ0n) is 6.53. The number of rotatable bonds is 0. The van der Waals surface area contributed by atoms with Crippen molar-refractivity contribution in [2.24, 2.45) is 7.05 Å². The summed E-state index contributed by atoms with van der Waals surface area (Å²) in [6, 6.07) is 1.43. The quantitative estimate of drug-likeness (QED) is 0.568. The Bertz CT molecular complexity index is 482. The van der Waals surface area contributed by atoms with Crippen LogP contribution >= 0.6 is 0 Å². The van der Waals surface area contributed by atoms with Crippen molar-refractivity contribution in [3.05, 3.63) is 22.5 Å². The summed E-state index contributed by atoms with van der Waals surface area (Å²) >= 11 is 0. The normalized spacial score (nSPS) is 10.8. The Morgan fingerprint density at radius 3 is 3.08 bits per heavy atom. The van der Waals surface area contributed by atoms with E-state index in [2.05, 4.69) is 10.1 Å². The number of aryl methyl sites for hydroxylation is 1. The molecule has 2 rings (SSSR count). The van der Waals surface area contributed by atoms with Crippen molar-refractivity contribution in [3.63, 3.8) is 0 Å². The number of aromatic nitrogens is 3. The van der Waals surface area contributed by atoms with E-state index in [1.165, 1.54) is 6.07 Å². The molecule has 2 aromatic heterocycles. The minimum Gasteiger partial charge on any atom is -0.382 e. The molecule has 0 atom stereocenters. The van der Waals surface area contributed by atoms with Gasteiger partial charge < -0.3 is 10.7 Å². The van der Waals surface area contributed by atoms with Gasteiger partial charge in [-0.25, -0.2) is 4.68 Å². The van der Waals surface area contributed by atoms with Gasteiger partial charge in [0.2, 0.25) is 0 Å². The van der Waals surface area contributed by atoms with Gasteiger partial charge in [0.1, 0.15) is 11.0 Å². The maximum atomic E-state index is 11.3. The van der Waals surface area contributed by atoms with Crippen molar-refractivity contribution in [2.45, 2.75) is 0 Å². The molecule has 2 heterocycles. The predicted octanol–water partition coefficient (Wildman–Crippen LogP) is -0.156. The first-order chi connectivity index (χ1) is 5.70. The van der Waals surface area contributed by atoms with Crippen LogP contribution in [0.1, 0.15) is 0 Å². The summed E-state index contributed by atoms with van der Waals surface area (Å²) in [5.74, 6) is 0.273. The highest BCUT2D eigenvalue weighted by Crippen LogP contribution is 2.11. The Morgan fingerprint density at radius 2 is 2.42 bits per heavy atom. The molecule has 0 aromatic carbocycles. The Balaban J connectivity index is 3.09. The van der Waals surface area contributed by atoms with Crippen LogP contribution in [0.5, 0.6) is 0 Å². The van der Waals surface area contributed by atoms with Crippen LogP contribution in [0.3, 0.4) is 0 Å². The fourth-order valence-corrected chi connectivity index (χ4v) is 1.23. The Morgan fingerprint density at radius 1 is 1.67 bits per heavy atom. The molecule has 62 valence electrons. The highest BCUT2D eigenvalue weighted by Gasteiger charge is 2.07. The fraction of sp³-hybridized carbons (Fsp3) is 0.143. The lowest BCUT2D eigenvalue weighted by Gasteiger charge is -1.90. The molecule has 2 aromatic rings. The molecule has 3 N–H and O–H groups in total. The number of nitrogens with one attached hydrogen (secondary N) is 1. The van der Waals surface area contributed by atoms with Gasteiger partial charge in [-0.3, -0.25) is 4.79 Å². The molecule has 0 aliphatic heterocycles. The van der Waals surface area contributed by atoms with Crippen molar-refractivity contribution in [1.29, 1.82) is 0 Å². The van der Waals surface area contributed by atoms with E-state index in [4.69, 9.17) is 5.73 Å². The Hall–Kier alpha value is -1.78. The van der Waals surface area contributed by atoms with E-state index in [0.29, 0.717) is 11.0 Å². The van der Waals surface area contributed by atoms with E-state index in [-0.39, 0.29) is 11.2 Å². The van der Waals surface area contributed by atoms with E-state index in [9.17, 15) is 4.79 Å². The molecule has 5 heteroatoms. The second-order valence-corrected chi connectivity index (χ2v) is 2.57. The predicted molar refractivity (Wildman–Crippen MR) is 45.7 cm³/mol. The smallest absolute Gasteiger partial charge is 0.194 e. The third-order valence-electron chi connectivity index (χ3n) is 1.78. The maximum absolute atomic E-state index is 11.3. The van der Waals surface area contributed by atoms with Crippen molar-refractivity contribution < 1.29 is 0 Å². The van der Waals surface area contributed by atoms with Gasteiger partial charge in [0.05, 0.1) is 0 Å². The molecule has 0 saturated carbocycles. The summed E-state index contributed by atoms with van der Waals surface area (Å²) in [7, 11) is 1.73. The van der Waals surface area contributed by atoms with E-state index in [1.807, 2.05) is 0 Å². The standard InChI is InChI=1S/C7H8N4O/c1-11-7-5(6(8)10-11)4(12)2-3-9-7/h2-3H,1H3,(H2,8,10)(H,9,12). The fourth-order valence-electron chi connectivity index (χ4n) is 1.23. The van der Waals surface area contributed by atoms with Gasteiger partial charge >= 0.3 is 0 Å². The average Bonchev–Trinajstić information content (AvgIpc) is 2.29. The van der Waals surface area contributed by atoms with Crippen molar-refractivity contribution in [3.8, 4) is 0 Å². The molecule has 0 fully saturated rings. The van der Waals surface area contributed by atoms with Crippen LogP contribution < -0.4 is 11.2 Å². The summed E-state index contributed by atoms with van der Waals surface area (Å²) in [6.07, 6.45) is 1.58. The largest absolute Gasteiger partial charge is 0.382 e. The highest BCUT2D eigenvalue weighted by molar-refractivity contribution is 5.85. The first-order valence-corrected chi connectivity index (χ1v) is 3.50. The molecule has 0 amide bonds. The summed E-state index contributed by atoms with van der Waals surface area (Å²) in [5.41, 5.74) is 6.08. The number of hydrogen-bond donors (Lipinski definition) is 2. The number of aromatic amines is 1. The third kappa shape index (κ3) is 0.730. The number of nitrogens with two attached hydrogens (primary N) is 1. The van der Waals surface area contributed by atoms with E-state index >= 15 is 0 Å². The van der Waals surface area contributed by atoms with Crippen molar-refractivity contribution >= 4 is 16.9 Å². The van der Waals surface area contributed by atoms with Gasteiger partial charge in [-0.15, -0.1) is 0 Å². The van der Waals surface area contributed by atoms with Crippen LogP contribution in [0, 0.1) is 0 Å². The zero-order valence-corrected chi connectivity index (χ0v) is 6.53. The molecule has 0 aliphatic rings. The van der Waals surface area contributed by atoms with E-state index < -0.39 is 0 Å². The van der Waals surface area contributed by atoms with Crippen LogP contribution in [0.15, 0.2) is 17.1 Å². The van der Waals surface area contributed by atoms with Crippen LogP contribution in [0.2, 0.25) is 0 Å². The van der Waals surface area contributed by atoms with Crippen molar-refractivity contribution in [1.82, 2.24) is 14.8 Å².